The number of rotatable bonds is 5. The van der Waals surface area contributed by atoms with Crippen LogP contribution >= 0.6 is 11.8 Å². The molecule has 1 atom stereocenters. The van der Waals surface area contributed by atoms with E-state index in [0.29, 0.717) is 17.5 Å². The number of carbonyl (C=O) groups is 1. The summed E-state index contributed by atoms with van der Waals surface area (Å²) in [6.45, 7) is 8.53. The average molecular weight is 372 g/mol. The third kappa shape index (κ3) is 3.77. The van der Waals surface area contributed by atoms with Gasteiger partial charge in [0.15, 0.2) is 5.16 Å². The van der Waals surface area contributed by atoms with Crippen molar-refractivity contribution in [3.63, 3.8) is 0 Å². The smallest absolute Gasteiger partial charge is 0.254 e. The quantitative estimate of drug-likeness (QED) is 0.818. The maximum atomic E-state index is 12.7. The number of anilines is 2. The molecule has 0 saturated heterocycles. The molecule has 6 nitrogen and oxygen atoms in total. The minimum absolute atomic E-state index is 0.0578. The highest BCUT2D eigenvalue weighted by Crippen LogP contribution is 2.27. The second kappa shape index (κ2) is 7.95. The SMILES string of the molecule is CCN(CC)c1ccc(NC(=O)C2CSc3nccc(=O)n3C2)c(C)c1. The Balaban J connectivity index is 1.73. The maximum Gasteiger partial charge on any atom is 0.254 e. The number of nitrogens with one attached hydrogen (secondary N) is 1. The Hall–Kier alpha value is -2.28. The van der Waals surface area contributed by atoms with E-state index in [4.69, 9.17) is 0 Å². The van der Waals surface area contributed by atoms with Gasteiger partial charge in [-0.1, -0.05) is 11.8 Å². The van der Waals surface area contributed by atoms with Crippen molar-refractivity contribution >= 4 is 29.0 Å². The molecule has 3 rings (SSSR count). The molecule has 0 bridgehead atoms. The first-order valence-electron chi connectivity index (χ1n) is 8.88. The summed E-state index contributed by atoms with van der Waals surface area (Å²) in [6, 6.07) is 7.52. The summed E-state index contributed by atoms with van der Waals surface area (Å²) < 4.78 is 1.58. The first kappa shape index (κ1) is 18.5. The molecule has 26 heavy (non-hydrogen) atoms. The van der Waals surface area contributed by atoms with Crippen LogP contribution in [0.25, 0.3) is 0 Å². The first-order chi connectivity index (χ1) is 12.5. The minimum Gasteiger partial charge on any atom is -0.372 e. The van der Waals surface area contributed by atoms with Crippen LogP contribution < -0.4 is 15.8 Å². The summed E-state index contributed by atoms with van der Waals surface area (Å²) in [5, 5.41) is 3.71. The lowest BCUT2D eigenvalue weighted by Crippen LogP contribution is -2.36. The standard InChI is InChI=1S/C19H24N4O2S/c1-4-22(5-2)15-6-7-16(13(3)10-15)21-18(25)14-11-23-17(24)8-9-20-19(23)26-12-14/h6-10,14H,4-5,11-12H2,1-3H3,(H,21,25). The zero-order valence-electron chi connectivity index (χ0n) is 15.4. The van der Waals surface area contributed by atoms with Crippen molar-refractivity contribution in [2.75, 3.05) is 29.1 Å². The molecule has 138 valence electrons. The fourth-order valence-corrected chi connectivity index (χ4v) is 4.18. The number of fused-ring (bicyclic) bond motifs is 1. The van der Waals surface area contributed by atoms with Crippen LogP contribution in [-0.2, 0) is 11.3 Å². The Kier molecular flexibility index (Phi) is 5.66. The number of hydrogen-bond acceptors (Lipinski definition) is 5. The molecule has 0 fully saturated rings. The van der Waals surface area contributed by atoms with Crippen LogP contribution in [0.4, 0.5) is 11.4 Å². The zero-order valence-corrected chi connectivity index (χ0v) is 16.2. The highest BCUT2D eigenvalue weighted by Gasteiger charge is 2.26. The lowest BCUT2D eigenvalue weighted by molar-refractivity contribution is -0.119. The Morgan fingerprint density at radius 1 is 1.35 bits per heavy atom. The van der Waals surface area contributed by atoms with E-state index in [1.165, 1.54) is 24.0 Å². The van der Waals surface area contributed by atoms with Crippen molar-refractivity contribution in [2.24, 2.45) is 5.92 Å². The summed E-state index contributed by atoms with van der Waals surface area (Å²) in [5.74, 6) is 0.313. The molecule has 1 aromatic heterocycles. The van der Waals surface area contributed by atoms with Crippen LogP contribution in [0.5, 0.6) is 0 Å². The summed E-state index contributed by atoms with van der Waals surface area (Å²) in [6.07, 6.45) is 1.52. The number of hydrogen-bond donors (Lipinski definition) is 1. The van der Waals surface area contributed by atoms with Crippen molar-refractivity contribution in [1.29, 1.82) is 0 Å². The van der Waals surface area contributed by atoms with E-state index in [1.54, 1.807) is 4.57 Å². The van der Waals surface area contributed by atoms with E-state index in [9.17, 15) is 9.59 Å². The number of nitrogens with zero attached hydrogens (tertiary/aromatic N) is 3. The van der Waals surface area contributed by atoms with E-state index in [-0.39, 0.29) is 17.4 Å². The number of carbonyl (C=O) groups excluding carboxylic acids is 1. The van der Waals surface area contributed by atoms with Gasteiger partial charge in [0.25, 0.3) is 5.56 Å². The van der Waals surface area contributed by atoms with E-state index >= 15 is 0 Å². The van der Waals surface area contributed by atoms with Crippen LogP contribution in [-0.4, -0.2) is 34.3 Å². The monoisotopic (exact) mass is 372 g/mol. The van der Waals surface area contributed by atoms with Gasteiger partial charge in [-0.25, -0.2) is 4.98 Å². The highest BCUT2D eigenvalue weighted by atomic mass is 32.2. The van der Waals surface area contributed by atoms with Gasteiger partial charge >= 0.3 is 0 Å². The van der Waals surface area contributed by atoms with Gasteiger partial charge in [-0.05, 0) is 44.5 Å². The lowest BCUT2D eigenvalue weighted by Gasteiger charge is -2.25. The first-order valence-corrected chi connectivity index (χ1v) is 9.87. The topological polar surface area (TPSA) is 67.2 Å². The number of amides is 1. The Morgan fingerprint density at radius 2 is 2.12 bits per heavy atom. The molecule has 0 spiro atoms. The van der Waals surface area contributed by atoms with Gasteiger partial charge in [-0.2, -0.15) is 0 Å². The summed E-state index contributed by atoms with van der Waals surface area (Å²) >= 11 is 1.45. The lowest BCUT2D eigenvalue weighted by atomic mass is 10.1. The van der Waals surface area contributed by atoms with Crippen molar-refractivity contribution in [3.05, 3.63) is 46.4 Å². The van der Waals surface area contributed by atoms with E-state index in [2.05, 4.69) is 35.1 Å². The molecule has 2 aromatic rings. The fraction of sp³-hybridized carbons (Fsp3) is 0.421. The maximum absolute atomic E-state index is 12.7. The zero-order chi connectivity index (χ0) is 18.7. The van der Waals surface area contributed by atoms with Crippen LogP contribution in [0.3, 0.4) is 0 Å². The van der Waals surface area contributed by atoms with E-state index in [0.717, 1.165) is 30.0 Å². The number of aryl methyl sites for hydroxylation is 1. The van der Waals surface area contributed by atoms with Gasteiger partial charge in [0.2, 0.25) is 5.91 Å². The van der Waals surface area contributed by atoms with E-state index < -0.39 is 0 Å². The molecule has 0 saturated carbocycles. The predicted octanol–water partition coefficient (Wildman–Crippen LogP) is 2.76. The number of benzene rings is 1. The molecule has 1 N–H and O–H groups in total. The molecule has 1 unspecified atom stereocenters. The molecule has 1 aliphatic rings. The Labute approximate surface area is 157 Å². The third-order valence-electron chi connectivity index (χ3n) is 4.68. The van der Waals surface area contributed by atoms with Crippen LogP contribution in [0.2, 0.25) is 0 Å². The molecule has 1 aromatic carbocycles. The molecule has 2 heterocycles. The van der Waals surface area contributed by atoms with Gasteiger partial charge < -0.3 is 10.2 Å². The highest BCUT2D eigenvalue weighted by molar-refractivity contribution is 7.99. The third-order valence-corrected chi connectivity index (χ3v) is 5.84. The summed E-state index contributed by atoms with van der Waals surface area (Å²) in [7, 11) is 0. The largest absolute Gasteiger partial charge is 0.372 e. The summed E-state index contributed by atoms with van der Waals surface area (Å²) in [4.78, 5) is 31.2. The predicted molar refractivity (Wildman–Crippen MR) is 106 cm³/mol. The second-order valence-corrected chi connectivity index (χ2v) is 7.33. The van der Waals surface area contributed by atoms with Gasteiger partial charge in [0.1, 0.15) is 0 Å². The number of aromatic nitrogens is 2. The van der Waals surface area contributed by atoms with Crippen molar-refractivity contribution in [1.82, 2.24) is 9.55 Å². The van der Waals surface area contributed by atoms with Gasteiger partial charge in [-0.3, -0.25) is 14.2 Å². The number of thioether (sulfide) groups is 1. The van der Waals surface area contributed by atoms with Crippen molar-refractivity contribution in [3.8, 4) is 0 Å². The van der Waals surface area contributed by atoms with Crippen molar-refractivity contribution in [2.45, 2.75) is 32.5 Å². The van der Waals surface area contributed by atoms with Gasteiger partial charge in [0, 0.05) is 49.0 Å². The summed E-state index contributed by atoms with van der Waals surface area (Å²) in [5.41, 5.74) is 2.90. The molecule has 1 aliphatic heterocycles. The van der Waals surface area contributed by atoms with Crippen molar-refractivity contribution < 1.29 is 4.79 Å². The normalized spacial score (nSPS) is 16.0. The second-order valence-electron chi connectivity index (χ2n) is 6.34. The average Bonchev–Trinajstić information content (AvgIpc) is 2.65. The molecular formula is C19H24N4O2S. The van der Waals surface area contributed by atoms with Crippen LogP contribution in [0.15, 0.2) is 40.4 Å². The molecular weight excluding hydrogens is 348 g/mol. The van der Waals surface area contributed by atoms with E-state index in [1.807, 2.05) is 19.1 Å². The van der Waals surface area contributed by atoms with Gasteiger partial charge in [-0.15, -0.1) is 0 Å². The minimum atomic E-state index is -0.253. The fourth-order valence-electron chi connectivity index (χ4n) is 3.12. The molecule has 0 radical (unpaired) electrons. The molecule has 0 aliphatic carbocycles. The van der Waals surface area contributed by atoms with Crippen LogP contribution in [0.1, 0.15) is 19.4 Å². The Bertz CT molecular complexity index is 861. The Morgan fingerprint density at radius 3 is 2.81 bits per heavy atom. The molecule has 7 heteroatoms. The van der Waals surface area contributed by atoms with Gasteiger partial charge in [0.05, 0.1) is 5.92 Å². The van der Waals surface area contributed by atoms with Crippen LogP contribution in [0, 0.1) is 12.8 Å². The molecule has 1 amide bonds.